The monoisotopic (exact) mass is 252 g/mol. The zero-order valence-corrected chi connectivity index (χ0v) is 10.4. The molecule has 0 spiro atoms. The van der Waals surface area contributed by atoms with Crippen molar-refractivity contribution in [2.45, 2.75) is 6.92 Å². The zero-order valence-electron chi connectivity index (χ0n) is 10.4. The number of hydrogen-bond acceptors (Lipinski definition) is 3. The molecule has 0 aliphatic rings. The number of rotatable bonds is 1. The van der Waals surface area contributed by atoms with Crippen LogP contribution in [0.1, 0.15) is 5.56 Å². The molecule has 0 aliphatic carbocycles. The summed E-state index contributed by atoms with van der Waals surface area (Å²) in [4.78, 5) is 12.1. The van der Waals surface area contributed by atoms with Crippen LogP contribution >= 0.6 is 0 Å². The molecule has 0 aliphatic heterocycles. The summed E-state index contributed by atoms with van der Waals surface area (Å²) in [6.07, 6.45) is 0. The van der Waals surface area contributed by atoms with Crippen molar-refractivity contribution in [3.05, 3.63) is 64.3 Å². The molecule has 0 radical (unpaired) electrons. The minimum atomic E-state index is -0.108. The summed E-state index contributed by atoms with van der Waals surface area (Å²) in [7, 11) is 0. The van der Waals surface area contributed by atoms with Crippen molar-refractivity contribution in [3.8, 4) is 17.1 Å². The Labute approximate surface area is 109 Å². The maximum absolute atomic E-state index is 12.1. The van der Waals surface area contributed by atoms with Crippen LogP contribution < -0.4 is 5.43 Å². The highest BCUT2D eigenvalue weighted by Gasteiger charge is 2.10. The van der Waals surface area contributed by atoms with E-state index in [2.05, 4.69) is 0 Å². The Morgan fingerprint density at radius 3 is 2.63 bits per heavy atom. The van der Waals surface area contributed by atoms with E-state index >= 15 is 0 Å². The second kappa shape index (κ2) is 4.28. The Balaban J connectivity index is 2.36. The average Bonchev–Trinajstić information content (AvgIpc) is 2.40. The zero-order chi connectivity index (χ0) is 13.4. The Morgan fingerprint density at radius 2 is 1.84 bits per heavy atom. The predicted molar refractivity (Wildman–Crippen MR) is 74.3 cm³/mol. The van der Waals surface area contributed by atoms with Gasteiger partial charge in [-0.1, -0.05) is 24.3 Å². The van der Waals surface area contributed by atoms with E-state index < -0.39 is 0 Å². The smallest absolute Gasteiger partial charge is 0.193 e. The molecule has 0 saturated heterocycles. The van der Waals surface area contributed by atoms with E-state index in [0.29, 0.717) is 22.3 Å². The Morgan fingerprint density at radius 1 is 1.05 bits per heavy atom. The molecule has 0 amide bonds. The van der Waals surface area contributed by atoms with Gasteiger partial charge in [-0.2, -0.15) is 0 Å². The summed E-state index contributed by atoms with van der Waals surface area (Å²) in [5.41, 5.74) is 1.87. The molecule has 2 aromatic carbocycles. The third-order valence-electron chi connectivity index (χ3n) is 3.12. The number of aromatic hydroxyl groups is 1. The summed E-state index contributed by atoms with van der Waals surface area (Å²) < 4.78 is 5.78. The van der Waals surface area contributed by atoms with E-state index in [9.17, 15) is 9.90 Å². The van der Waals surface area contributed by atoms with E-state index in [1.54, 1.807) is 30.3 Å². The van der Waals surface area contributed by atoms with Crippen LogP contribution in [0.4, 0.5) is 0 Å². The first-order valence-electron chi connectivity index (χ1n) is 5.98. The molecule has 3 nitrogen and oxygen atoms in total. The molecule has 1 heterocycles. The van der Waals surface area contributed by atoms with E-state index in [1.807, 2.05) is 19.1 Å². The fourth-order valence-corrected chi connectivity index (χ4v) is 2.13. The number of phenolic OH excluding ortho intramolecular Hbond substituents is 1. The maximum Gasteiger partial charge on any atom is 0.193 e. The normalized spacial score (nSPS) is 10.8. The first-order chi connectivity index (χ1) is 9.16. The average molecular weight is 252 g/mol. The number of benzene rings is 2. The van der Waals surface area contributed by atoms with Crippen molar-refractivity contribution in [2.75, 3.05) is 0 Å². The van der Waals surface area contributed by atoms with Gasteiger partial charge in [-0.15, -0.1) is 0 Å². The summed E-state index contributed by atoms with van der Waals surface area (Å²) >= 11 is 0. The van der Waals surface area contributed by atoms with Gasteiger partial charge in [0.2, 0.25) is 0 Å². The second-order valence-corrected chi connectivity index (χ2v) is 4.44. The van der Waals surface area contributed by atoms with Crippen molar-refractivity contribution in [2.24, 2.45) is 0 Å². The Kier molecular flexibility index (Phi) is 2.60. The third-order valence-corrected chi connectivity index (χ3v) is 3.12. The molecule has 3 rings (SSSR count). The second-order valence-electron chi connectivity index (χ2n) is 4.44. The fourth-order valence-electron chi connectivity index (χ4n) is 2.13. The lowest BCUT2D eigenvalue weighted by Crippen LogP contribution is -2.01. The van der Waals surface area contributed by atoms with Gasteiger partial charge < -0.3 is 9.52 Å². The first kappa shape index (κ1) is 11.5. The Hall–Kier alpha value is -2.55. The minimum Gasteiger partial charge on any atom is -0.507 e. The van der Waals surface area contributed by atoms with Gasteiger partial charge in [0.15, 0.2) is 5.43 Å². The van der Waals surface area contributed by atoms with E-state index in [-0.39, 0.29) is 11.2 Å². The standard InChI is InChI=1S/C16H12O3/c1-10-5-4-7-12-14(18)9-15(19-16(10)12)11-6-2-3-8-13(11)17/h2-9,17H,1H3. The number of fused-ring (bicyclic) bond motifs is 1. The van der Waals surface area contributed by atoms with Crippen LogP contribution in [0.15, 0.2) is 57.7 Å². The topological polar surface area (TPSA) is 50.4 Å². The lowest BCUT2D eigenvalue weighted by molar-refractivity contribution is 0.474. The third kappa shape index (κ3) is 1.89. The van der Waals surface area contributed by atoms with Gasteiger partial charge in [-0.3, -0.25) is 4.79 Å². The van der Waals surface area contributed by atoms with E-state index in [0.717, 1.165) is 5.56 Å². The molecule has 3 aromatic rings. The van der Waals surface area contributed by atoms with E-state index in [4.69, 9.17) is 4.42 Å². The predicted octanol–water partition coefficient (Wildman–Crippen LogP) is 3.47. The number of phenols is 1. The highest BCUT2D eigenvalue weighted by atomic mass is 16.3. The SMILES string of the molecule is Cc1cccc2c(=O)cc(-c3ccccc3O)oc12. The lowest BCUT2D eigenvalue weighted by Gasteiger charge is -2.06. The van der Waals surface area contributed by atoms with Gasteiger partial charge in [0, 0.05) is 6.07 Å². The van der Waals surface area contributed by atoms with Gasteiger partial charge in [0.05, 0.1) is 10.9 Å². The minimum absolute atomic E-state index is 0.0959. The van der Waals surface area contributed by atoms with Crippen molar-refractivity contribution >= 4 is 11.0 Å². The Bertz CT molecular complexity index is 816. The van der Waals surface area contributed by atoms with Gasteiger partial charge in [-0.25, -0.2) is 0 Å². The summed E-state index contributed by atoms with van der Waals surface area (Å²) in [5, 5.41) is 10.4. The summed E-state index contributed by atoms with van der Waals surface area (Å²) in [6.45, 7) is 1.89. The van der Waals surface area contributed by atoms with Crippen LogP contribution in [0.2, 0.25) is 0 Å². The molecule has 94 valence electrons. The molecule has 0 saturated carbocycles. The van der Waals surface area contributed by atoms with Crippen LogP contribution in [-0.4, -0.2) is 5.11 Å². The number of hydrogen-bond donors (Lipinski definition) is 1. The molecular formula is C16H12O3. The van der Waals surface area contributed by atoms with Crippen LogP contribution in [0.3, 0.4) is 0 Å². The van der Waals surface area contributed by atoms with Gasteiger partial charge in [0.25, 0.3) is 0 Å². The fraction of sp³-hybridized carbons (Fsp3) is 0.0625. The van der Waals surface area contributed by atoms with Crippen molar-refractivity contribution in [3.63, 3.8) is 0 Å². The molecule has 1 N–H and O–H groups in total. The van der Waals surface area contributed by atoms with Crippen molar-refractivity contribution < 1.29 is 9.52 Å². The quantitative estimate of drug-likeness (QED) is 0.721. The van der Waals surface area contributed by atoms with Crippen molar-refractivity contribution in [1.29, 1.82) is 0 Å². The maximum atomic E-state index is 12.1. The van der Waals surface area contributed by atoms with Crippen molar-refractivity contribution in [1.82, 2.24) is 0 Å². The van der Waals surface area contributed by atoms with E-state index in [1.165, 1.54) is 6.07 Å². The largest absolute Gasteiger partial charge is 0.507 e. The number of para-hydroxylation sites is 2. The molecule has 0 fully saturated rings. The van der Waals surface area contributed by atoms with Gasteiger partial charge in [-0.05, 0) is 30.7 Å². The van der Waals surface area contributed by atoms with Crippen LogP contribution in [0.25, 0.3) is 22.3 Å². The van der Waals surface area contributed by atoms with Crippen LogP contribution in [0, 0.1) is 6.92 Å². The molecule has 19 heavy (non-hydrogen) atoms. The molecular weight excluding hydrogens is 240 g/mol. The molecule has 3 heteroatoms. The highest BCUT2D eigenvalue weighted by Crippen LogP contribution is 2.30. The molecule has 1 aromatic heterocycles. The summed E-state index contributed by atoms with van der Waals surface area (Å²) in [5.74, 6) is 0.475. The van der Waals surface area contributed by atoms with Crippen LogP contribution in [0.5, 0.6) is 5.75 Å². The highest BCUT2D eigenvalue weighted by molar-refractivity contribution is 5.82. The lowest BCUT2D eigenvalue weighted by atomic mass is 10.1. The first-order valence-corrected chi connectivity index (χ1v) is 5.98. The van der Waals surface area contributed by atoms with Gasteiger partial charge in [0.1, 0.15) is 17.1 Å². The number of aryl methyl sites for hydroxylation is 1. The molecule has 0 bridgehead atoms. The molecule has 0 unspecified atom stereocenters. The summed E-state index contributed by atoms with van der Waals surface area (Å²) in [6, 6.07) is 13.7. The van der Waals surface area contributed by atoms with Crippen LogP contribution in [-0.2, 0) is 0 Å². The molecule has 0 atom stereocenters. The van der Waals surface area contributed by atoms with Gasteiger partial charge >= 0.3 is 0 Å².